The highest BCUT2D eigenvalue weighted by Gasteiger charge is 2.36. The van der Waals surface area contributed by atoms with Crippen molar-refractivity contribution in [3.63, 3.8) is 0 Å². The van der Waals surface area contributed by atoms with Gasteiger partial charge in [-0.1, -0.05) is 60.5 Å². The molecule has 3 atom stereocenters. The second-order valence-corrected chi connectivity index (χ2v) is 11.5. The van der Waals surface area contributed by atoms with Gasteiger partial charge in [0.05, 0.1) is 6.04 Å². The first-order valence-electron chi connectivity index (χ1n) is 13.1. The van der Waals surface area contributed by atoms with Gasteiger partial charge in [-0.05, 0) is 79.5 Å². The molecule has 0 spiro atoms. The van der Waals surface area contributed by atoms with Crippen LogP contribution in [-0.4, -0.2) is 49.0 Å². The Kier molecular flexibility index (Phi) is 8.10. The van der Waals surface area contributed by atoms with Crippen molar-refractivity contribution in [3.05, 3.63) is 99.7 Å². The fourth-order valence-electron chi connectivity index (χ4n) is 5.69. The van der Waals surface area contributed by atoms with Gasteiger partial charge in [-0.25, -0.2) is 0 Å². The van der Waals surface area contributed by atoms with E-state index in [0.717, 1.165) is 46.2 Å². The number of rotatable bonds is 8. The summed E-state index contributed by atoms with van der Waals surface area (Å²) in [4.78, 5) is 22.1. The molecule has 1 aromatic heterocycles. The number of anilines is 1. The number of nitrogens with one attached hydrogen (secondary N) is 2. The lowest BCUT2D eigenvalue weighted by molar-refractivity contribution is -0.121. The van der Waals surface area contributed by atoms with E-state index in [1.165, 1.54) is 0 Å². The van der Waals surface area contributed by atoms with Gasteiger partial charge in [0.1, 0.15) is 0 Å². The number of H-pyrrole nitrogens is 1. The van der Waals surface area contributed by atoms with Crippen molar-refractivity contribution in [3.8, 4) is 0 Å². The molecule has 2 heterocycles. The quantitative estimate of drug-likeness (QED) is 0.264. The van der Waals surface area contributed by atoms with E-state index in [2.05, 4.69) is 48.4 Å². The van der Waals surface area contributed by atoms with Crippen LogP contribution in [0.2, 0.25) is 10.0 Å². The highest BCUT2D eigenvalue weighted by molar-refractivity contribution is 6.31. The summed E-state index contributed by atoms with van der Waals surface area (Å²) in [6.07, 6.45) is 2.94. The van der Waals surface area contributed by atoms with Crippen LogP contribution in [0.5, 0.6) is 0 Å². The summed E-state index contributed by atoms with van der Waals surface area (Å²) in [6, 6.07) is 21.5. The minimum Gasteiger partial charge on any atom is -0.361 e. The van der Waals surface area contributed by atoms with Crippen molar-refractivity contribution in [2.45, 2.75) is 31.8 Å². The van der Waals surface area contributed by atoms with Crippen LogP contribution in [0.1, 0.15) is 29.5 Å². The standard InChI is InChI=1S/C31H34Cl2N4O/c1-20(27-17-34-28-7-5-4-6-26(27)28)30(35-16-21-8-10-24(32)11-9-21)31(38)37-19-22(18-36(2)3)14-23-15-25(33)12-13-29(23)37/h4-13,15,17,20,22,30,34-35H,14,16,18-19H2,1-3H3/t20?,22-,30?/m1/s1. The van der Waals surface area contributed by atoms with E-state index < -0.39 is 6.04 Å². The molecule has 38 heavy (non-hydrogen) atoms. The van der Waals surface area contributed by atoms with Crippen molar-refractivity contribution in [1.29, 1.82) is 0 Å². The predicted molar refractivity (Wildman–Crippen MR) is 158 cm³/mol. The summed E-state index contributed by atoms with van der Waals surface area (Å²) in [7, 11) is 4.16. The number of hydrogen-bond donors (Lipinski definition) is 2. The van der Waals surface area contributed by atoms with E-state index in [1.807, 2.05) is 65.7 Å². The Morgan fingerprint density at radius 2 is 1.82 bits per heavy atom. The van der Waals surface area contributed by atoms with Gasteiger partial charge in [-0.2, -0.15) is 0 Å². The Bertz CT molecular complexity index is 1420. The van der Waals surface area contributed by atoms with Crippen LogP contribution in [0, 0.1) is 5.92 Å². The highest BCUT2D eigenvalue weighted by Crippen LogP contribution is 2.35. The molecule has 0 saturated heterocycles. The number of amides is 1. The molecule has 0 aliphatic carbocycles. The molecule has 1 aliphatic rings. The number of carbonyl (C=O) groups excluding carboxylic acids is 1. The maximum Gasteiger partial charge on any atom is 0.244 e. The number of halogens is 2. The van der Waals surface area contributed by atoms with E-state index in [9.17, 15) is 4.79 Å². The van der Waals surface area contributed by atoms with Crippen molar-refractivity contribution in [2.24, 2.45) is 5.92 Å². The van der Waals surface area contributed by atoms with Gasteiger partial charge >= 0.3 is 0 Å². The summed E-state index contributed by atoms with van der Waals surface area (Å²) in [5.41, 5.74) is 5.36. The van der Waals surface area contributed by atoms with Crippen molar-refractivity contribution >= 4 is 45.7 Å². The smallest absolute Gasteiger partial charge is 0.244 e. The average molecular weight is 550 g/mol. The van der Waals surface area contributed by atoms with Gasteiger partial charge in [0.2, 0.25) is 5.91 Å². The largest absolute Gasteiger partial charge is 0.361 e. The van der Waals surface area contributed by atoms with Crippen LogP contribution in [0.15, 0.2) is 72.9 Å². The molecule has 3 aromatic carbocycles. The van der Waals surface area contributed by atoms with Gasteiger partial charge in [-0.3, -0.25) is 4.79 Å². The van der Waals surface area contributed by atoms with Crippen LogP contribution in [0.25, 0.3) is 10.9 Å². The average Bonchev–Trinajstić information content (AvgIpc) is 3.33. The molecule has 0 bridgehead atoms. The van der Waals surface area contributed by atoms with E-state index in [1.54, 1.807) is 0 Å². The van der Waals surface area contributed by atoms with Crippen molar-refractivity contribution in [2.75, 3.05) is 32.1 Å². The molecule has 198 valence electrons. The molecule has 4 aromatic rings. The van der Waals surface area contributed by atoms with E-state index in [0.29, 0.717) is 29.1 Å². The highest BCUT2D eigenvalue weighted by atomic mass is 35.5. The second kappa shape index (κ2) is 11.5. The fourth-order valence-corrected chi connectivity index (χ4v) is 6.01. The number of carbonyl (C=O) groups is 1. The zero-order valence-corrected chi connectivity index (χ0v) is 23.6. The number of aromatic nitrogens is 1. The maximum atomic E-state index is 14.5. The van der Waals surface area contributed by atoms with Crippen LogP contribution < -0.4 is 10.2 Å². The fraction of sp³-hybridized carbons (Fsp3) is 0.323. The lowest BCUT2D eigenvalue weighted by Crippen LogP contribution is -2.52. The Labute approximate surface area is 234 Å². The van der Waals surface area contributed by atoms with Crippen molar-refractivity contribution < 1.29 is 4.79 Å². The molecule has 5 rings (SSSR count). The SMILES string of the molecule is CC(c1c[nH]c2ccccc12)C(NCc1ccc(Cl)cc1)C(=O)N1C[C@@H](CN(C)C)Cc2cc(Cl)ccc21. The van der Waals surface area contributed by atoms with Gasteiger partial charge in [0, 0.05) is 58.4 Å². The Hall–Kier alpha value is -2.83. The first-order chi connectivity index (χ1) is 18.3. The molecule has 0 radical (unpaired) electrons. The molecular weight excluding hydrogens is 515 g/mol. The number of hydrogen-bond acceptors (Lipinski definition) is 3. The van der Waals surface area contributed by atoms with Crippen molar-refractivity contribution in [1.82, 2.24) is 15.2 Å². The maximum absolute atomic E-state index is 14.5. The summed E-state index contributed by atoms with van der Waals surface area (Å²) in [6.45, 7) is 4.27. The van der Waals surface area contributed by atoms with E-state index in [-0.39, 0.29) is 11.8 Å². The zero-order chi connectivity index (χ0) is 26.8. The second-order valence-electron chi connectivity index (χ2n) is 10.6. The number of para-hydroxylation sites is 1. The van der Waals surface area contributed by atoms with Gasteiger partial charge in [0.15, 0.2) is 0 Å². The molecule has 0 fully saturated rings. The van der Waals surface area contributed by atoms with E-state index in [4.69, 9.17) is 23.2 Å². The minimum absolute atomic E-state index is 0.0729. The normalized spacial score (nSPS) is 17.0. The first kappa shape index (κ1) is 26.8. The summed E-state index contributed by atoms with van der Waals surface area (Å²) in [5, 5.41) is 6.16. The number of fused-ring (bicyclic) bond motifs is 2. The van der Waals surface area contributed by atoms with Crippen LogP contribution in [-0.2, 0) is 17.8 Å². The third-order valence-corrected chi connectivity index (χ3v) is 7.98. The Morgan fingerprint density at radius 1 is 1.08 bits per heavy atom. The topological polar surface area (TPSA) is 51.4 Å². The van der Waals surface area contributed by atoms with Gasteiger partial charge in [0.25, 0.3) is 0 Å². The summed E-state index contributed by atoms with van der Waals surface area (Å²) in [5.74, 6) is 0.319. The van der Waals surface area contributed by atoms with Gasteiger partial charge in [-0.15, -0.1) is 0 Å². The summed E-state index contributed by atoms with van der Waals surface area (Å²) < 4.78 is 0. The number of benzene rings is 3. The third kappa shape index (κ3) is 5.76. The molecule has 2 unspecified atom stereocenters. The number of aromatic amines is 1. The lowest BCUT2D eigenvalue weighted by atomic mass is 9.88. The Balaban J connectivity index is 1.50. The molecule has 2 N–H and O–H groups in total. The molecule has 5 nitrogen and oxygen atoms in total. The lowest BCUT2D eigenvalue weighted by Gasteiger charge is -2.39. The summed E-state index contributed by atoms with van der Waals surface area (Å²) >= 11 is 12.5. The molecule has 0 saturated carbocycles. The van der Waals surface area contributed by atoms with Gasteiger partial charge < -0.3 is 20.1 Å². The monoisotopic (exact) mass is 548 g/mol. The van der Waals surface area contributed by atoms with Crippen LogP contribution in [0.4, 0.5) is 5.69 Å². The van der Waals surface area contributed by atoms with Crippen LogP contribution >= 0.6 is 23.2 Å². The van der Waals surface area contributed by atoms with Crippen LogP contribution in [0.3, 0.4) is 0 Å². The molecule has 7 heteroatoms. The third-order valence-electron chi connectivity index (χ3n) is 7.49. The molecular formula is C31H34Cl2N4O. The predicted octanol–water partition coefficient (Wildman–Crippen LogP) is 6.50. The molecule has 1 aliphatic heterocycles. The molecule has 1 amide bonds. The zero-order valence-electron chi connectivity index (χ0n) is 22.0. The Morgan fingerprint density at radius 3 is 2.58 bits per heavy atom. The minimum atomic E-state index is -0.438. The first-order valence-corrected chi connectivity index (χ1v) is 13.8. The number of nitrogens with zero attached hydrogens (tertiary/aromatic N) is 2. The van der Waals surface area contributed by atoms with E-state index >= 15 is 0 Å².